The molecule has 2 aliphatic heterocycles. The Morgan fingerprint density at radius 2 is 2.18 bits per heavy atom. The number of rotatable bonds is 2. The summed E-state index contributed by atoms with van der Waals surface area (Å²) in [6.45, 7) is 4.30. The van der Waals surface area contributed by atoms with Crippen molar-refractivity contribution >= 4 is 22.4 Å². The number of hydrogen-bond acceptors (Lipinski definition) is 6. The zero-order chi connectivity index (χ0) is 11.7. The van der Waals surface area contributed by atoms with E-state index in [1.807, 2.05) is 11.6 Å². The van der Waals surface area contributed by atoms with E-state index < -0.39 is 0 Å². The Kier molecular flexibility index (Phi) is 2.98. The van der Waals surface area contributed by atoms with Crippen LogP contribution >= 0.6 is 11.3 Å². The van der Waals surface area contributed by atoms with Crippen molar-refractivity contribution in [2.24, 2.45) is 0 Å². The molecule has 2 fully saturated rings. The van der Waals surface area contributed by atoms with E-state index >= 15 is 0 Å². The fraction of sp³-hybridized carbons (Fsp3) is 0.636. The Labute approximate surface area is 104 Å². The van der Waals surface area contributed by atoms with Crippen molar-refractivity contribution in [1.82, 2.24) is 9.88 Å². The summed E-state index contributed by atoms with van der Waals surface area (Å²) in [4.78, 5) is 20.3. The molecule has 3 rings (SSSR count). The van der Waals surface area contributed by atoms with Crippen molar-refractivity contribution in [3.8, 4) is 0 Å². The minimum atomic E-state index is -0.0484. The number of aromatic nitrogens is 1. The van der Waals surface area contributed by atoms with Crippen LogP contribution in [0.25, 0.3) is 0 Å². The van der Waals surface area contributed by atoms with Gasteiger partial charge in [-0.3, -0.25) is 9.69 Å². The second-order valence-corrected chi connectivity index (χ2v) is 5.18. The third-order valence-corrected chi connectivity index (χ3v) is 4.18. The second kappa shape index (κ2) is 4.62. The molecule has 0 aliphatic carbocycles. The molecule has 1 aromatic heterocycles. The van der Waals surface area contributed by atoms with E-state index in [0.717, 1.165) is 37.7 Å². The van der Waals surface area contributed by atoms with Gasteiger partial charge in [0.25, 0.3) is 0 Å². The lowest BCUT2D eigenvalue weighted by atomic mass is 10.2. The van der Waals surface area contributed by atoms with Gasteiger partial charge in [-0.2, -0.15) is 0 Å². The number of cyclic esters (lactones) is 1. The first-order chi connectivity index (χ1) is 8.34. The standard InChI is InChI=1S/C11H15N3O2S/c15-10-9(1-7-16-10)13-3-5-14(6-4-13)11-12-2-8-17-11/h2,8-9H,1,3-7H2. The fourth-order valence-electron chi connectivity index (χ4n) is 2.41. The van der Waals surface area contributed by atoms with Crippen LogP contribution in [-0.4, -0.2) is 54.7 Å². The molecular formula is C11H15N3O2S. The molecule has 0 N–H and O–H groups in total. The number of hydrogen-bond donors (Lipinski definition) is 0. The Morgan fingerprint density at radius 1 is 1.35 bits per heavy atom. The molecule has 6 heteroatoms. The lowest BCUT2D eigenvalue weighted by Crippen LogP contribution is -2.51. The van der Waals surface area contributed by atoms with Crippen molar-refractivity contribution in [2.75, 3.05) is 37.7 Å². The van der Waals surface area contributed by atoms with Gasteiger partial charge in [-0.25, -0.2) is 4.98 Å². The third kappa shape index (κ3) is 2.14. The van der Waals surface area contributed by atoms with E-state index in [2.05, 4.69) is 14.8 Å². The first kappa shape index (κ1) is 11.0. The van der Waals surface area contributed by atoms with E-state index in [1.165, 1.54) is 0 Å². The fourth-order valence-corrected chi connectivity index (χ4v) is 3.11. The maximum atomic E-state index is 11.5. The highest BCUT2D eigenvalue weighted by Crippen LogP contribution is 2.21. The van der Waals surface area contributed by atoms with Gasteiger partial charge >= 0.3 is 5.97 Å². The highest BCUT2D eigenvalue weighted by Gasteiger charge is 2.34. The quantitative estimate of drug-likeness (QED) is 0.722. The molecule has 1 aromatic rings. The van der Waals surface area contributed by atoms with E-state index in [-0.39, 0.29) is 12.0 Å². The molecule has 0 radical (unpaired) electrons. The van der Waals surface area contributed by atoms with Crippen LogP contribution < -0.4 is 4.90 Å². The molecule has 1 unspecified atom stereocenters. The van der Waals surface area contributed by atoms with Crippen LogP contribution in [0.1, 0.15) is 6.42 Å². The van der Waals surface area contributed by atoms with Gasteiger partial charge in [0.15, 0.2) is 5.13 Å². The molecule has 17 heavy (non-hydrogen) atoms. The van der Waals surface area contributed by atoms with Crippen molar-refractivity contribution < 1.29 is 9.53 Å². The van der Waals surface area contributed by atoms with Crippen molar-refractivity contribution in [3.63, 3.8) is 0 Å². The molecule has 5 nitrogen and oxygen atoms in total. The van der Waals surface area contributed by atoms with Gasteiger partial charge in [0, 0.05) is 44.2 Å². The van der Waals surface area contributed by atoms with E-state index in [0.29, 0.717) is 6.61 Å². The molecular weight excluding hydrogens is 238 g/mol. The SMILES string of the molecule is O=C1OCCC1N1CCN(c2nccs2)CC1. The van der Waals surface area contributed by atoms with E-state index in [9.17, 15) is 4.79 Å². The number of thiazole rings is 1. The second-order valence-electron chi connectivity index (χ2n) is 4.31. The molecule has 92 valence electrons. The highest BCUT2D eigenvalue weighted by molar-refractivity contribution is 7.13. The summed E-state index contributed by atoms with van der Waals surface area (Å²) in [6.07, 6.45) is 2.68. The van der Waals surface area contributed by atoms with Crippen LogP contribution in [0, 0.1) is 0 Å². The smallest absolute Gasteiger partial charge is 0.323 e. The summed E-state index contributed by atoms with van der Waals surface area (Å²) in [5.74, 6) is -0.0484. The topological polar surface area (TPSA) is 45.7 Å². The number of carbonyl (C=O) groups is 1. The molecule has 0 bridgehead atoms. The van der Waals surface area contributed by atoms with Gasteiger partial charge in [-0.05, 0) is 0 Å². The van der Waals surface area contributed by atoms with Gasteiger partial charge in [-0.15, -0.1) is 11.3 Å². The number of nitrogens with zero attached hydrogens (tertiary/aromatic N) is 3. The first-order valence-corrected chi connectivity index (χ1v) is 6.78. The Balaban J connectivity index is 1.59. The van der Waals surface area contributed by atoms with Gasteiger partial charge in [0.1, 0.15) is 6.04 Å². The number of esters is 1. The summed E-state index contributed by atoms with van der Waals surface area (Å²) in [6, 6.07) is -0.00607. The summed E-state index contributed by atoms with van der Waals surface area (Å²) in [5.41, 5.74) is 0. The average Bonchev–Trinajstić information content (AvgIpc) is 3.00. The van der Waals surface area contributed by atoms with Crippen LogP contribution in [0.3, 0.4) is 0 Å². The summed E-state index contributed by atoms with van der Waals surface area (Å²) >= 11 is 1.67. The number of ether oxygens (including phenoxy) is 1. The predicted octanol–water partition coefficient (Wildman–Crippen LogP) is 0.581. The lowest BCUT2D eigenvalue weighted by Gasteiger charge is -2.36. The average molecular weight is 253 g/mol. The van der Waals surface area contributed by atoms with Gasteiger partial charge < -0.3 is 9.64 Å². The molecule has 0 amide bonds. The summed E-state index contributed by atoms with van der Waals surface area (Å²) in [5, 5.41) is 3.08. The van der Waals surface area contributed by atoms with Crippen LogP contribution in [0.15, 0.2) is 11.6 Å². The van der Waals surface area contributed by atoms with Crippen LogP contribution in [0.2, 0.25) is 0 Å². The minimum Gasteiger partial charge on any atom is -0.464 e. The number of piperazine rings is 1. The summed E-state index contributed by atoms with van der Waals surface area (Å²) < 4.78 is 5.01. The number of carbonyl (C=O) groups excluding carboxylic acids is 1. The Bertz CT molecular complexity index is 387. The van der Waals surface area contributed by atoms with Gasteiger partial charge in [-0.1, -0.05) is 0 Å². The monoisotopic (exact) mass is 253 g/mol. The van der Waals surface area contributed by atoms with Crippen LogP contribution in [0.4, 0.5) is 5.13 Å². The normalized spacial score (nSPS) is 26.2. The van der Waals surface area contributed by atoms with Crippen molar-refractivity contribution in [3.05, 3.63) is 11.6 Å². The van der Waals surface area contributed by atoms with Crippen molar-refractivity contribution in [2.45, 2.75) is 12.5 Å². The molecule has 0 aromatic carbocycles. The van der Waals surface area contributed by atoms with E-state index in [1.54, 1.807) is 11.3 Å². The van der Waals surface area contributed by atoms with Gasteiger partial charge in [0.05, 0.1) is 6.61 Å². The first-order valence-electron chi connectivity index (χ1n) is 5.90. The Morgan fingerprint density at radius 3 is 2.76 bits per heavy atom. The maximum absolute atomic E-state index is 11.5. The van der Waals surface area contributed by atoms with E-state index in [4.69, 9.17) is 4.74 Å². The van der Waals surface area contributed by atoms with Gasteiger partial charge in [0.2, 0.25) is 0 Å². The molecule has 3 heterocycles. The maximum Gasteiger partial charge on any atom is 0.323 e. The van der Waals surface area contributed by atoms with Crippen LogP contribution in [0.5, 0.6) is 0 Å². The molecule has 1 atom stereocenters. The minimum absolute atomic E-state index is 0.00607. The number of anilines is 1. The summed E-state index contributed by atoms with van der Waals surface area (Å²) in [7, 11) is 0. The molecule has 0 spiro atoms. The Hall–Kier alpha value is -1.14. The molecule has 0 saturated carbocycles. The molecule has 2 saturated heterocycles. The zero-order valence-corrected chi connectivity index (χ0v) is 10.4. The third-order valence-electron chi connectivity index (χ3n) is 3.35. The predicted molar refractivity (Wildman–Crippen MR) is 65.3 cm³/mol. The molecule has 2 aliphatic rings. The van der Waals surface area contributed by atoms with Crippen LogP contribution in [-0.2, 0) is 9.53 Å². The van der Waals surface area contributed by atoms with Crippen molar-refractivity contribution in [1.29, 1.82) is 0 Å². The highest BCUT2D eigenvalue weighted by atomic mass is 32.1. The lowest BCUT2D eigenvalue weighted by molar-refractivity contribution is -0.142. The largest absolute Gasteiger partial charge is 0.464 e. The zero-order valence-electron chi connectivity index (χ0n) is 9.54.